The van der Waals surface area contributed by atoms with Gasteiger partial charge in [0.1, 0.15) is 6.33 Å². The molecular weight excluding hydrogens is 370 g/mol. The largest absolute Gasteiger partial charge is 0.299 e. The first-order chi connectivity index (χ1) is 12.5. The first kappa shape index (κ1) is 16.6. The summed E-state index contributed by atoms with van der Waals surface area (Å²) < 4.78 is 29.4. The normalized spacial score (nSPS) is 11.6. The van der Waals surface area contributed by atoms with Crippen LogP contribution in [-0.2, 0) is 10.0 Å². The highest BCUT2D eigenvalue weighted by Crippen LogP contribution is 2.22. The molecule has 0 spiro atoms. The highest BCUT2D eigenvalue weighted by molar-refractivity contribution is 7.92. The molecule has 0 radical (unpaired) electrons. The topological polar surface area (TPSA) is 64.0 Å². The van der Waals surface area contributed by atoms with Crippen LogP contribution in [0.1, 0.15) is 0 Å². The van der Waals surface area contributed by atoms with Gasteiger partial charge in [0.05, 0.1) is 15.9 Å². The highest BCUT2D eigenvalue weighted by atomic mass is 35.5. The van der Waals surface area contributed by atoms with E-state index in [9.17, 15) is 8.42 Å². The molecule has 1 aromatic heterocycles. The summed E-state index contributed by atoms with van der Waals surface area (Å²) in [6.07, 6.45) is 1.75. The number of fused-ring (bicyclic) bond motifs is 1. The van der Waals surface area contributed by atoms with Crippen LogP contribution in [0.2, 0.25) is 5.02 Å². The number of sulfonamides is 1. The number of nitrogens with zero attached hydrogens (tertiary/aromatic N) is 2. The van der Waals surface area contributed by atoms with Crippen LogP contribution >= 0.6 is 11.6 Å². The average Bonchev–Trinajstić information content (AvgIpc) is 3.06. The molecule has 0 saturated heterocycles. The second-order valence-electron chi connectivity index (χ2n) is 5.71. The third-order valence-corrected chi connectivity index (χ3v) is 5.57. The molecule has 4 aromatic rings. The van der Waals surface area contributed by atoms with Crippen molar-refractivity contribution in [2.45, 2.75) is 4.90 Å². The van der Waals surface area contributed by atoms with E-state index >= 15 is 0 Å². The zero-order valence-electron chi connectivity index (χ0n) is 13.5. The lowest BCUT2D eigenvalue weighted by Gasteiger charge is -2.10. The molecule has 0 fully saturated rings. The maximum absolute atomic E-state index is 12.5. The second-order valence-corrected chi connectivity index (χ2v) is 7.83. The van der Waals surface area contributed by atoms with Crippen molar-refractivity contribution in [3.8, 4) is 5.69 Å². The Balaban J connectivity index is 1.62. The minimum Gasteiger partial charge on any atom is -0.299 e. The SMILES string of the molecule is O=S(=O)(Nc1ccc(-n2cnc3ccccc32)cc1)c1cccc(Cl)c1. The van der Waals surface area contributed by atoms with Gasteiger partial charge in [-0.1, -0.05) is 29.8 Å². The van der Waals surface area contributed by atoms with Crippen LogP contribution in [0.25, 0.3) is 16.7 Å². The zero-order chi connectivity index (χ0) is 18.1. The number of hydrogen-bond donors (Lipinski definition) is 1. The smallest absolute Gasteiger partial charge is 0.261 e. The molecule has 0 amide bonds. The van der Waals surface area contributed by atoms with Gasteiger partial charge in [0.2, 0.25) is 0 Å². The van der Waals surface area contributed by atoms with Gasteiger partial charge in [0.15, 0.2) is 0 Å². The molecule has 0 atom stereocenters. The Bertz CT molecular complexity index is 1180. The summed E-state index contributed by atoms with van der Waals surface area (Å²) in [5.74, 6) is 0. The van der Waals surface area contributed by atoms with Gasteiger partial charge in [0, 0.05) is 16.4 Å². The lowest BCUT2D eigenvalue weighted by atomic mass is 10.2. The van der Waals surface area contributed by atoms with E-state index in [-0.39, 0.29) is 4.90 Å². The van der Waals surface area contributed by atoms with E-state index in [1.807, 2.05) is 41.0 Å². The summed E-state index contributed by atoms with van der Waals surface area (Å²) in [6, 6.07) is 21.1. The van der Waals surface area contributed by atoms with Gasteiger partial charge in [0.25, 0.3) is 10.0 Å². The first-order valence-corrected chi connectivity index (χ1v) is 9.70. The van der Waals surface area contributed by atoms with E-state index in [1.54, 1.807) is 30.6 Å². The third kappa shape index (κ3) is 3.16. The minimum atomic E-state index is -3.69. The summed E-state index contributed by atoms with van der Waals surface area (Å²) in [6.45, 7) is 0. The van der Waals surface area contributed by atoms with Crippen molar-refractivity contribution >= 4 is 38.3 Å². The zero-order valence-corrected chi connectivity index (χ0v) is 15.1. The molecule has 3 aromatic carbocycles. The molecule has 0 unspecified atom stereocenters. The Labute approximate surface area is 155 Å². The van der Waals surface area contributed by atoms with Crippen LogP contribution in [0.3, 0.4) is 0 Å². The number of aromatic nitrogens is 2. The van der Waals surface area contributed by atoms with Crippen molar-refractivity contribution < 1.29 is 8.42 Å². The Morgan fingerprint density at radius 1 is 0.923 bits per heavy atom. The number of halogens is 1. The monoisotopic (exact) mass is 383 g/mol. The number of rotatable bonds is 4. The number of nitrogens with one attached hydrogen (secondary N) is 1. The Morgan fingerprint density at radius 3 is 2.46 bits per heavy atom. The van der Waals surface area contributed by atoms with Crippen LogP contribution in [0.4, 0.5) is 5.69 Å². The summed E-state index contributed by atoms with van der Waals surface area (Å²) in [4.78, 5) is 4.48. The third-order valence-electron chi connectivity index (χ3n) is 3.96. The van der Waals surface area contributed by atoms with Crippen LogP contribution in [0, 0.1) is 0 Å². The predicted molar refractivity (Wildman–Crippen MR) is 103 cm³/mol. The molecule has 130 valence electrons. The molecule has 26 heavy (non-hydrogen) atoms. The molecule has 0 saturated carbocycles. The summed E-state index contributed by atoms with van der Waals surface area (Å²) in [5.41, 5.74) is 3.25. The Hall–Kier alpha value is -2.83. The highest BCUT2D eigenvalue weighted by Gasteiger charge is 2.14. The number of hydrogen-bond acceptors (Lipinski definition) is 3. The quantitative estimate of drug-likeness (QED) is 0.565. The second kappa shape index (κ2) is 6.48. The minimum absolute atomic E-state index is 0.120. The lowest BCUT2D eigenvalue weighted by Crippen LogP contribution is -2.12. The Morgan fingerprint density at radius 2 is 1.69 bits per heavy atom. The van der Waals surface area contributed by atoms with Crippen LogP contribution in [0.5, 0.6) is 0 Å². The molecule has 4 rings (SSSR count). The fourth-order valence-corrected chi connectivity index (χ4v) is 4.06. The van der Waals surface area contributed by atoms with E-state index in [0.29, 0.717) is 10.7 Å². The number of imidazole rings is 1. The van der Waals surface area contributed by atoms with Gasteiger partial charge in [-0.2, -0.15) is 0 Å². The number of benzene rings is 3. The average molecular weight is 384 g/mol. The maximum Gasteiger partial charge on any atom is 0.261 e. The summed E-state index contributed by atoms with van der Waals surface area (Å²) in [7, 11) is -3.69. The lowest BCUT2D eigenvalue weighted by molar-refractivity contribution is 0.601. The Kier molecular flexibility index (Phi) is 4.14. The molecule has 0 bridgehead atoms. The first-order valence-electron chi connectivity index (χ1n) is 7.84. The molecule has 0 aliphatic rings. The van der Waals surface area contributed by atoms with Crippen molar-refractivity contribution in [2.75, 3.05) is 4.72 Å². The van der Waals surface area contributed by atoms with E-state index < -0.39 is 10.0 Å². The predicted octanol–water partition coefficient (Wildman–Crippen LogP) is 4.48. The van der Waals surface area contributed by atoms with Gasteiger partial charge < -0.3 is 0 Å². The molecular formula is C19H14ClN3O2S. The van der Waals surface area contributed by atoms with Crippen molar-refractivity contribution in [3.05, 3.63) is 84.1 Å². The van der Waals surface area contributed by atoms with E-state index in [2.05, 4.69) is 9.71 Å². The van der Waals surface area contributed by atoms with Gasteiger partial charge >= 0.3 is 0 Å². The number of para-hydroxylation sites is 2. The molecule has 7 heteroatoms. The van der Waals surface area contributed by atoms with Crippen LogP contribution in [-0.4, -0.2) is 18.0 Å². The van der Waals surface area contributed by atoms with Crippen molar-refractivity contribution in [1.29, 1.82) is 0 Å². The van der Waals surface area contributed by atoms with E-state index in [0.717, 1.165) is 16.7 Å². The fraction of sp³-hybridized carbons (Fsp3) is 0. The van der Waals surface area contributed by atoms with Crippen LogP contribution in [0.15, 0.2) is 84.0 Å². The van der Waals surface area contributed by atoms with E-state index in [4.69, 9.17) is 11.6 Å². The van der Waals surface area contributed by atoms with Gasteiger partial charge in [-0.05, 0) is 54.6 Å². The standard InChI is InChI=1S/C19H14ClN3O2S/c20-14-4-3-5-17(12-14)26(24,25)22-15-8-10-16(11-9-15)23-13-21-18-6-1-2-7-19(18)23/h1-13,22H. The van der Waals surface area contributed by atoms with Gasteiger partial charge in [-0.15, -0.1) is 0 Å². The van der Waals surface area contributed by atoms with Gasteiger partial charge in [-0.3, -0.25) is 9.29 Å². The number of anilines is 1. The van der Waals surface area contributed by atoms with Gasteiger partial charge in [-0.25, -0.2) is 13.4 Å². The van der Waals surface area contributed by atoms with Crippen molar-refractivity contribution in [3.63, 3.8) is 0 Å². The fourth-order valence-electron chi connectivity index (χ4n) is 2.70. The molecule has 5 nitrogen and oxygen atoms in total. The summed E-state index contributed by atoms with van der Waals surface area (Å²) in [5, 5.41) is 0.371. The van der Waals surface area contributed by atoms with Crippen molar-refractivity contribution in [2.24, 2.45) is 0 Å². The molecule has 0 aliphatic heterocycles. The van der Waals surface area contributed by atoms with Crippen molar-refractivity contribution in [1.82, 2.24) is 9.55 Å². The summed E-state index contributed by atoms with van der Waals surface area (Å²) >= 11 is 5.88. The van der Waals surface area contributed by atoms with E-state index in [1.165, 1.54) is 12.1 Å². The maximum atomic E-state index is 12.5. The molecule has 0 aliphatic carbocycles. The molecule has 1 N–H and O–H groups in total. The molecule has 1 heterocycles. The van der Waals surface area contributed by atoms with Crippen LogP contribution < -0.4 is 4.72 Å².